The van der Waals surface area contributed by atoms with Crippen molar-refractivity contribution in [1.82, 2.24) is 0 Å². The Kier molecular flexibility index (Phi) is 38.8. The Morgan fingerprint density at radius 2 is 0.964 bits per heavy atom. The molecule has 0 bridgehead atoms. The standard InChI is InChI=1S/C45H76NO8P/c1-3-5-7-9-11-13-15-17-19-21-23-25-27-29-31-33-35-37-44(47)51-41-43(42-53-55(49,50)52-40-39-46)54-45(48)38-36-34-32-30-28-26-24-22-20-18-16-14-12-10-8-6-4-2/h11-14,17-20,23-26,29,31,43H,3-10,15-16,21-22,27-28,30,32-42,46H2,1-2H3,(H,49,50)/b13-11-,14-12-,19-17-,20-18-,25-23-,26-24-,31-29-/t43-/m1/s1. The number of rotatable bonds is 38. The second-order valence-electron chi connectivity index (χ2n) is 13.5. The molecule has 0 aromatic heterocycles. The van der Waals surface area contributed by atoms with Crippen molar-refractivity contribution in [1.29, 1.82) is 0 Å². The summed E-state index contributed by atoms with van der Waals surface area (Å²) in [5.74, 6) is -0.929. The molecule has 0 radical (unpaired) electrons. The summed E-state index contributed by atoms with van der Waals surface area (Å²) in [6.07, 6.45) is 50.4. The van der Waals surface area contributed by atoms with E-state index in [-0.39, 0.29) is 32.6 Å². The van der Waals surface area contributed by atoms with E-state index < -0.39 is 32.5 Å². The Labute approximate surface area is 334 Å². The first-order chi connectivity index (χ1) is 26.8. The summed E-state index contributed by atoms with van der Waals surface area (Å²) in [5, 5.41) is 0. The van der Waals surface area contributed by atoms with Crippen molar-refractivity contribution in [3.8, 4) is 0 Å². The van der Waals surface area contributed by atoms with Gasteiger partial charge in [-0.1, -0.05) is 137 Å². The zero-order valence-electron chi connectivity index (χ0n) is 34.4. The molecule has 0 amide bonds. The van der Waals surface area contributed by atoms with Gasteiger partial charge in [-0.15, -0.1) is 0 Å². The fraction of sp³-hybridized carbons (Fsp3) is 0.644. The first-order valence-electron chi connectivity index (χ1n) is 21.1. The van der Waals surface area contributed by atoms with Gasteiger partial charge in [0.05, 0.1) is 13.2 Å². The molecule has 10 heteroatoms. The van der Waals surface area contributed by atoms with Crippen LogP contribution in [0.1, 0.15) is 155 Å². The lowest BCUT2D eigenvalue weighted by molar-refractivity contribution is -0.161. The van der Waals surface area contributed by atoms with E-state index in [0.29, 0.717) is 12.8 Å². The van der Waals surface area contributed by atoms with Gasteiger partial charge in [0.1, 0.15) is 6.61 Å². The minimum absolute atomic E-state index is 0.0377. The zero-order valence-corrected chi connectivity index (χ0v) is 35.3. The van der Waals surface area contributed by atoms with Crippen LogP contribution in [0.15, 0.2) is 85.1 Å². The van der Waals surface area contributed by atoms with E-state index in [1.54, 1.807) is 0 Å². The van der Waals surface area contributed by atoms with E-state index in [1.165, 1.54) is 51.4 Å². The number of carbonyl (C=O) groups is 2. The predicted octanol–water partition coefficient (Wildman–Crippen LogP) is 12.0. The summed E-state index contributed by atoms with van der Waals surface area (Å²) in [6.45, 7) is 3.56. The number of phosphoric acid groups is 1. The molecule has 314 valence electrons. The van der Waals surface area contributed by atoms with Crippen LogP contribution in [0.4, 0.5) is 0 Å². The summed E-state index contributed by atoms with van der Waals surface area (Å²) in [6, 6.07) is 0. The molecule has 0 aromatic rings. The molecule has 0 aliphatic heterocycles. The summed E-state index contributed by atoms with van der Waals surface area (Å²) < 4.78 is 32.7. The van der Waals surface area contributed by atoms with E-state index in [0.717, 1.165) is 64.2 Å². The summed E-state index contributed by atoms with van der Waals surface area (Å²) in [4.78, 5) is 34.8. The number of nitrogens with two attached hydrogens (primary N) is 1. The van der Waals surface area contributed by atoms with Gasteiger partial charge in [-0.25, -0.2) is 4.57 Å². The van der Waals surface area contributed by atoms with Gasteiger partial charge in [-0.3, -0.25) is 18.6 Å². The minimum Gasteiger partial charge on any atom is -0.462 e. The molecule has 2 atom stereocenters. The number of esters is 2. The van der Waals surface area contributed by atoms with E-state index in [4.69, 9.17) is 24.3 Å². The minimum atomic E-state index is -4.40. The molecule has 3 N–H and O–H groups in total. The topological polar surface area (TPSA) is 134 Å². The van der Waals surface area contributed by atoms with Crippen molar-refractivity contribution in [2.45, 2.75) is 161 Å². The quantitative estimate of drug-likeness (QED) is 0.0271. The van der Waals surface area contributed by atoms with Crippen LogP contribution in [0, 0.1) is 0 Å². The number of unbranched alkanes of at least 4 members (excludes halogenated alkanes) is 11. The Balaban J connectivity index is 4.34. The van der Waals surface area contributed by atoms with Gasteiger partial charge in [0.15, 0.2) is 6.10 Å². The van der Waals surface area contributed by atoms with Crippen molar-refractivity contribution in [3.63, 3.8) is 0 Å². The van der Waals surface area contributed by atoms with Crippen molar-refractivity contribution in [2.75, 3.05) is 26.4 Å². The lowest BCUT2D eigenvalue weighted by Crippen LogP contribution is -2.29. The molecule has 0 fully saturated rings. The van der Waals surface area contributed by atoms with Gasteiger partial charge < -0.3 is 20.1 Å². The largest absolute Gasteiger partial charge is 0.472 e. The predicted molar refractivity (Wildman–Crippen MR) is 229 cm³/mol. The van der Waals surface area contributed by atoms with Crippen LogP contribution in [-0.4, -0.2) is 49.3 Å². The van der Waals surface area contributed by atoms with Crippen molar-refractivity contribution in [3.05, 3.63) is 85.1 Å². The summed E-state index contributed by atoms with van der Waals surface area (Å²) in [7, 11) is -4.40. The average Bonchev–Trinajstić information content (AvgIpc) is 3.17. The summed E-state index contributed by atoms with van der Waals surface area (Å²) in [5.41, 5.74) is 5.34. The third kappa shape index (κ3) is 40.7. The van der Waals surface area contributed by atoms with Gasteiger partial charge in [-0.2, -0.15) is 0 Å². The Morgan fingerprint density at radius 3 is 1.44 bits per heavy atom. The molecule has 0 spiro atoms. The molecule has 55 heavy (non-hydrogen) atoms. The fourth-order valence-electron chi connectivity index (χ4n) is 5.10. The second kappa shape index (κ2) is 40.8. The zero-order chi connectivity index (χ0) is 40.3. The second-order valence-corrected chi connectivity index (χ2v) is 14.9. The molecule has 0 aromatic carbocycles. The molecule has 9 nitrogen and oxygen atoms in total. The Hall–Kier alpha value is -2.81. The van der Waals surface area contributed by atoms with Gasteiger partial charge in [-0.05, 0) is 89.9 Å². The van der Waals surface area contributed by atoms with E-state index in [9.17, 15) is 19.0 Å². The van der Waals surface area contributed by atoms with Crippen LogP contribution in [0.2, 0.25) is 0 Å². The molecule has 0 heterocycles. The molecule has 0 saturated heterocycles. The van der Waals surface area contributed by atoms with Gasteiger partial charge in [0.25, 0.3) is 0 Å². The molecule has 0 saturated carbocycles. The lowest BCUT2D eigenvalue weighted by Gasteiger charge is -2.19. The molecule has 1 unspecified atom stereocenters. The van der Waals surface area contributed by atoms with E-state index in [2.05, 4.69) is 92.8 Å². The van der Waals surface area contributed by atoms with Gasteiger partial charge in [0, 0.05) is 19.4 Å². The Bertz CT molecular complexity index is 1170. The Morgan fingerprint density at radius 1 is 0.545 bits per heavy atom. The monoisotopic (exact) mass is 790 g/mol. The average molecular weight is 790 g/mol. The van der Waals surface area contributed by atoms with Crippen molar-refractivity contribution < 1.29 is 37.6 Å². The highest BCUT2D eigenvalue weighted by Gasteiger charge is 2.25. The molecule has 0 aliphatic rings. The number of phosphoric ester groups is 1. The highest BCUT2D eigenvalue weighted by atomic mass is 31.2. The van der Waals surface area contributed by atoms with Gasteiger partial charge in [0.2, 0.25) is 0 Å². The van der Waals surface area contributed by atoms with E-state index >= 15 is 0 Å². The van der Waals surface area contributed by atoms with Crippen molar-refractivity contribution in [2.24, 2.45) is 5.73 Å². The number of hydrogen-bond donors (Lipinski definition) is 2. The van der Waals surface area contributed by atoms with Crippen LogP contribution in [0.5, 0.6) is 0 Å². The highest BCUT2D eigenvalue weighted by molar-refractivity contribution is 7.47. The number of hydrogen-bond acceptors (Lipinski definition) is 8. The first-order valence-corrected chi connectivity index (χ1v) is 22.6. The number of ether oxygens (including phenoxy) is 2. The maximum absolute atomic E-state index is 12.6. The third-order valence-corrected chi connectivity index (χ3v) is 9.24. The third-order valence-electron chi connectivity index (χ3n) is 8.25. The number of allylic oxidation sites excluding steroid dienone is 14. The smallest absolute Gasteiger partial charge is 0.462 e. The normalized spacial score (nSPS) is 14.2. The van der Waals surface area contributed by atoms with Gasteiger partial charge >= 0.3 is 19.8 Å². The number of carbonyl (C=O) groups excluding carboxylic acids is 2. The molecular formula is C45H76NO8P. The maximum atomic E-state index is 12.6. The maximum Gasteiger partial charge on any atom is 0.472 e. The van der Waals surface area contributed by atoms with E-state index in [1.807, 2.05) is 6.08 Å². The summed E-state index contributed by atoms with van der Waals surface area (Å²) >= 11 is 0. The SMILES string of the molecule is CCCCC/C=C\C/C=C\C/C=C\C/C=C\CCCC(=O)OC[C@H](COP(=O)(O)OCCN)OC(=O)CCCCCC/C=C\C/C=C\C/C=C\CCCCC. The van der Waals surface area contributed by atoms with Crippen LogP contribution < -0.4 is 5.73 Å². The fourth-order valence-corrected chi connectivity index (χ4v) is 5.87. The van der Waals surface area contributed by atoms with Crippen molar-refractivity contribution >= 4 is 19.8 Å². The molecule has 0 aliphatic carbocycles. The van der Waals surface area contributed by atoms with Crippen LogP contribution in [0.3, 0.4) is 0 Å². The molecule has 0 rings (SSSR count). The van der Waals surface area contributed by atoms with Crippen LogP contribution >= 0.6 is 7.82 Å². The van der Waals surface area contributed by atoms with Crippen LogP contribution in [-0.2, 0) is 32.7 Å². The van der Waals surface area contributed by atoms with Crippen LogP contribution in [0.25, 0.3) is 0 Å². The highest BCUT2D eigenvalue weighted by Crippen LogP contribution is 2.43. The molecular weight excluding hydrogens is 713 g/mol. The first kappa shape index (κ1) is 52.2. The lowest BCUT2D eigenvalue weighted by atomic mass is 10.1.